The van der Waals surface area contributed by atoms with E-state index in [-0.39, 0.29) is 12.1 Å². The second-order valence-electron chi connectivity index (χ2n) is 5.68. The van der Waals surface area contributed by atoms with Crippen molar-refractivity contribution in [3.05, 3.63) is 17.5 Å². The van der Waals surface area contributed by atoms with E-state index in [1.165, 1.54) is 0 Å². The highest BCUT2D eigenvalue weighted by Crippen LogP contribution is 2.06. The van der Waals surface area contributed by atoms with Gasteiger partial charge in [0.2, 0.25) is 0 Å². The third kappa shape index (κ3) is 6.24. The molecule has 0 aliphatic heterocycles. The molecule has 0 fully saturated rings. The van der Waals surface area contributed by atoms with Gasteiger partial charge in [-0.05, 0) is 34.6 Å². The molecule has 19 heavy (non-hydrogen) atoms. The first-order chi connectivity index (χ1) is 8.78. The van der Waals surface area contributed by atoms with Gasteiger partial charge in [-0.3, -0.25) is 5.10 Å². The molecule has 1 aromatic heterocycles. The predicted octanol–water partition coefficient (Wildman–Crippen LogP) is 1.72. The normalized spacial score (nSPS) is 13.1. The Balaban J connectivity index is 2.23. The highest BCUT2D eigenvalue weighted by molar-refractivity contribution is 5.67. The van der Waals surface area contributed by atoms with Gasteiger partial charge in [-0.1, -0.05) is 0 Å². The van der Waals surface area contributed by atoms with E-state index < -0.39 is 5.60 Å². The lowest BCUT2D eigenvalue weighted by atomic mass is 10.2. The predicted molar refractivity (Wildman–Crippen MR) is 73.9 cm³/mol. The van der Waals surface area contributed by atoms with E-state index in [9.17, 15) is 4.79 Å². The first kappa shape index (κ1) is 15.5. The first-order valence-electron chi connectivity index (χ1n) is 6.47. The number of hydrogen-bond donors (Lipinski definition) is 3. The van der Waals surface area contributed by atoms with Crippen LogP contribution in [0.25, 0.3) is 0 Å². The maximum Gasteiger partial charge on any atom is 0.407 e. The number of hydrogen-bond acceptors (Lipinski definition) is 4. The van der Waals surface area contributed by atoms with Crippen LogP contribution >= 0.6 is 0 Å². The summed E-state index contributed by atoms with van der Waals surface area (Å²) in [7, 11) is 0. The van der Waals surface area contributed by atoms with Crippen LogP contribution in [0.2, 0.25) is 0 Å². The number of H-pyrrole nitrogens is 1. The number of amides is 1. The minimum absolute atomic E-state index is 0.154. The molecular formula is C13H24N4O2. The molecule has 0 aromatic carbocycles. The van der Waals surface area contributed by atoms with Gasteiger partial charge in [0.05, 0.1) is 6.20 Å². The van der Waals surface area contributed by atoms with Crippen molar-refractivity contribution in [2.24, 2.45) is 0 Å². The molecule has 3 N–H and O–H groups in total. The van der Waals surface area contributed by atoms with Crippen LogP contribution < -0.4 is 10.6 Å². The van der Waals surface area contributed by atoms with Gasteiger partial charge in [-0.25, -0.2) is 4.79 Å². The Kier molecular flexibility index (Phi) is 5.35. The van der Waals surface area contributed by atoms with Crippen molar-refractivity contribution in [1.82, 2.24) is 20.8 Å². The number of aryl methyl sites for hydroxylation is 1. The van der Waals surface area contributed by atoms with Crippen LogP contribution in [-0.4, -0.2) is 34.5 Å². The Morgan fingerprint density at radius 2 is 2.21 bits per heavy atom. The number of alkyl carbamates (subject to hydrolysis) is 1. The van der Waals surface area contributed by atoms with Gasteiger partial charge in [-0.15, -0.1) is 0 Å². The number of aromatic nitrogens is 2. The average molecular weight is 268 g/mol. The zero-order valence-corrected chi connectivity index (χ0v) is 12.3. The Morgan fingerprint density at radius 1 is 1.53 bits per heavy atom. The summed E-state index contributed by atoms with van der Waals surface area (Å²) in [6.45, 7) is 10.8. The lowest BCUT2D eigenvalue weighted by Crippen LogP contribution is -2.41. The number of carbonyl (C=O) groups excluding carboxylic acids is 1. The summed E-state index contributed by atoms with van der Waals surface area (Å²) in [6, 6.07) is 0.154. The van der Waals surface area contributed by atoms with Gasteiger partial charge in [0.25, 0.3) is 0 Å². The monoisotopic (exact) mass is 268 g/mol. The minimum atomic E-state index is -0.464. The van der Waals surface area contributed by atoms with E-state index in [1.807, 2.05) is 34.6 Å². The van der Waals surface area contributed by atoms with E-state index in [0.717, 1.165) is 17.8 Å². The number of ether oxygens (including phenoxy) is 1. The first-order valence-corrected chi connectivity index (χ1v) is 6.47. The molecule has 0 aliphatic rings. The standard InChI is InChI=1S/C13H24N4O2/c1-9(6-15-12(18)19-13(3,4)5)14-7-11-8-16-17-10(11)2/h8-9,14H,6-7H2,1-5H3,(H,15,18)(H,16,17). The molecule has 0 saturated heterocycles. The van der Waals surface area contributed by atoms with Crippen LogP contribution in [0.1, 0.15) is 39.0 Å². The maximum absolute atomic E-state index is 11.5. The molecule has 6 heteroatoms. The van der Waals surface area contributed by atoms with Crippen LogP contribution in [0.3, 0.4) is 0 Å². The summed E-state index contributed by atoms with van der Waals surface area (Å²) in [4.78, 5) is 11.5. The van der Waals surface area contributed by atoms with Crippen molar-refractivity contribution in [3.8, 4) is 0 Å². The molecule has 1 rings (SSSR count). The van der Waals surface area contributed by atoms with Gasteiger partial charge in [0, 0.05) is 30.4 Å². The Bertz CT molecular complexity index is 409. The number of rotatable bonds is 5. The molecule has 1 aromatic rings. The fourth-order valence-corrected chi connectivity index (χ4v) is 1.46. The van der Waals surface area contributed by atoms with Crippen molar-refractivity contribution in [2.45, 2.75) is 52.8 Å². The number of carbonyl (C=O) groups is 1. The molecule has 1 amide bonds. The molecule has 108 valence electrons. The molecule has 0 bridgehead atoms. The van der Waals surface area contributed by atoms with Crippen molar-refractivity contribution in [2.75, 3.05) is 6.54 Å². The smallest absolute Gasteiger partial charge is 0.407 e. The van der Waals surface area contributed by atoms with Crippen LogP contribution in [0.15, 0.2) is 6.20 Å². The molecule has 1 unspecified atom stereocenters. The van der Waals surface area contributed by atoms with E-state index in [4.69, 9.17) is 4.74 Å². The van der Waals surface area contributed by atoms with Gasteiger partial charge in [-0.2, -0.15) is 5.10 Å². The van der Waals surface area contributed by atoms with Gasteiger partial charge in [0.15, 0.2) is 0 Å². The maximum atomic E-state index is 11.5. The number of nitrogens with one attached hydrogen (secondary N) is 3. The molecule has 0 spiro atoms. The molecule has 1 heterocycles. The van der Waals surface area contributed by atoms with Gasteiger partial charge in [0.1, 0.15) is 5.60 Å². The van der Waals surface area contributed by atoms with Crippen LogP contribution in [0.4, 0.5) is 4.79 Å². The molecule has 0 radical (unpaired) electrons. The van der Waals surface area contributed by atoms with Crippen LogP contribution in [0.5, 0.6) is 0 Å². The fraction of sp³-hybridized carbons (Fsp3) is 0.692. The Morgan fingerprint density at radius 3 is 2.74 bits per heavy atom. The number of aromatic amines is 1. The van der Waals surface area contributed by atoms with Crippen molar-refractivity contribution in [1.29, 1.82) is 0 Å². The zero-order chi connectivity index (χ0) is 14.5. The minimum Gasteiger partial charge on any atom is -0.444 e. The second-order valence-corrected chi connectivity index (χ2v) is 5.68. The molecule has 0 saturated carbocycles. The molecular weight excluding hydrogens is 244 g/mol. The summed E-state index contributed by atoms with van der Waals surface area (Å²) in [6.07, 6.45) is 1.41. The SMILES string of the molecule is Cc1[nH]ncc1CNC(C)CNC(=O)OC(C)(C)C. The van der Waals surface area contributed by atoms with E-state index >= 15 is 0 Å². The highest BCUT2D eigenvalue weighted by atomic mass is 16.6. The largest absolute Gasteiger partial charge is 0.444 e. The summed E-state index contributed by atoms with van der Waals surface area (Å²) in [5, 5.41) is 12.9. The van der Waals surface area contributed by atoms with Crippen LogP contribution in [0, 0.1) is 6.92 Å². The Hall–Kier alpha value is -1.56. The summed E-state index contributed by atoms with van der Waals surface area (Å²) < 4.78 is 5.16. The number of nitrogens with zero attached hydrogens (tertiary/aromatic N) is 1. The zero-order valence-electron chi connectivity index (χ0n) is 12.3. The van der Waals surface area contributed by atoms with Crippen molar-refractivity contribution < 1.29 is 9.53 Å². The lowest BCUT2D eigenvalue weighted by Gasteiger charge is -2.21. The quantitative estimate of drug-likeness (QED) is 0.759. The van der Waals surface area contributed by atoms with Gasteiger partial charge >= 0.3 is 6.09 Å². The van der Waals surface area contributed by atoms with Crippen LogP contribution in [-0.2, 0) is 11.3 Å². The van der Waals surface area contributed by atoms with E-state index in [1.54, 1.807) is 6.20 Å². The Labute approximate surface area is 114 Å². The molecule has 1 atom stereocenters. The summed E-state index contributed by atoms with van der Waals surface area (Å²) in [5.74, 6) is 0. The molecule has 0 aliphatic carbocycles. The average Bonchev–Trinajstić information content (AvgIpc) is 2.67. The van der Waals surface area contributed by atoms with Gasteiger partial charge < -0.3 is 15.4 Å². The summed E-state index contributed by atoms with van der Waals surface area (Å²) >= 11 is 0. The van der Waals surface area contributed by atoms with E-state index in [0.29, 0.717) is 6.54 Å². The molecule has 6 nitrogen and oxygen atoms in total. The third-order valence-corrected chi connectivity index (χ3v) is 2.53. The topological polar surface area (TPSA) is 79.0 Å². The lowest BCUT2D eigenvalue weighted by molar-refractivity contribution is 0.0523. The van der Waals surface area contributed by atoms with E-state index in [2.05, 4.69) is 20.8 Å². The fourth-order valence-electron chi connectivity index (χ4n) is 1.46. The summed E-state index contributed by atoms with van der Waals surface area (Å²) in [5.41, 5.74) is 1.72. The van der Waals surface area contributed by atoms with Crippen molar-refractivity contribution >= 4 is 6.09 Å². The second kappa shape index (κ2) is 6.56. The third-order valence-electron chi connectivity index (χ3n) is 2.53. The van der Waals surface area contributed by atoms with Crippen molar-refractivity contribution in [3.63, 3.8) is 0 Å². The highest BCUT2D eigenvalue weighted by Gasteiger charge is 2.16.